The van der Waals surface area contributed by atoms with Gasteiger partial charge in [-0.05, 0) is 117 Å². The van der Waals surface area contributed by atoms with Gasteiger partial charge in [0.25, 0.3) is 0 Å². The lowest BCUT2D eigenvalue weighted by atomic mass is 9.47. The zero-order valence-electron chi connectivity index (χ0n) is 18.9. The summed E-state index contributed by atoms with van der Waals surface area (Å²) in [6.07, 6.45) is 20.0. The molecule has 0 radical (unpaired) electrons. The molecule has 2 N–H and O–H groups in total. The third-order valence-corrected chi connectivity index (χ3v) is 11.0. The summed E-state index contributed by atoms with van der Waals surface area (Å²) < 4.78 is 0. The molecule has 4 saturated carbocycles. The van der Waals surface area contributed by atoms with Crippen LogP contribution >= 0.6 is 0 Å². The minimum Gasteiger partial charge on any atom is -0.393 e. The molecule has 2 nitrogen and oxygen atoms in total. The molecular formula is C27H44O2. The van der Waals surface area contributed by atoms with E-state index in [-0.39, 0.29) is 12.2 Å². The van der Waals surface area contributed by atoms with Crippen molar-refractivity contribution >= 4 is 0 Å². The van der Waals surface area contributed by atoms with Gasteiger partial charge in [0.15, 0.2) is 0 Å². The van der Waals surface area contributed by atoms with Crippen LogP contribution < -0.4 is 0 Å². The van der Waals surface area contributed by atoms with Crippen LogP contribution in [0.4, 0.5) is 0 Å². The van der Waals surface area contributed by atoms with Crippen molar-refractivity contribution in [1.82, 2.24) is 0 Å². The molecule has 5 rings (SSSR count). The van der Waals surface area contributed by atoms with Gasteiger partial charge in [-0.3, -0.25) is 0 Å². The highest BCUT2D eigenvalue weighted by Gasteiger charge is 2.58. The summed E-state index contributed by atoms with van der Waals surface area (Å²) >= 11 is 0. The van der Waals surface area contributed by atoms with E-state index in [4.69, 9.17) is 0 Å². The van der Waals surface area contributed by atoms with Gasteiger partial charge < -0.3 is 10.2 Å². The standard InChI is InChI=1S/C27H44O2/c1-26-16-14-24-22(11-9-20-17-21(28)13-15-27(20,24)2)23(26)12-10-19(26)7-4-8-25(29)18-5-3-6-18/h9,18-19,21-25,28-29H,3-8,10-17H2,1-2H3. The van der Waals surface area contributed by atoms with Crippen molar-refractivity contribution in [3.63, 3.8) is 0 Å². The lowest BCUT2D eigenvalue weighted by Gasteiger charge is -2.58. The van der Waals surface area contributed by atoms with Crippen LogP contribution in [-0.4, -0.2) is 22.4 Å². The van der Waals surface area contributed by atoms with Gasteiger partial charge in [0.1, 0.15) is 0 Å². The summed E-state index contributed by atoms with van der Waals surface area (Å²) in [4.78, 5) is 0. The molecule has 0 saturated heterocycles. The lowest BCUT2D eigenvalue weighted by molar-refractivity contribution is -0.0514. The van der Waals surface area contributed by atoms with E-state index in [0.717, 1.165) is 42.9 Å². The summed E-state index contributed by atoms with van der Waals surface area (Å²) in [5, 5.41) is 20.6. The second-order valence-electron chi connectivity index (χ2n) is 12.2. The van der Waals surface area contributed by atoms with Crippen LogP contribution in [0.3, 0.4) is 0 Å². The van der Waals surface area contributed by atoms with Gasteiger partial charge in [-0.25, -0.2) is 0 Å². The van der Waals surface area contributed by atoms with Crippen molar-refractivity contribution < 1.29 is 10.2 Å². The molecule has 0 aliphatic heterocycles. The molecule has 0 heterocycles. The van der Waals surface area contributed by atoms with E-state index in [9.17, 15) is 10.2 Å². The summed E-state index contributed by atoms with van der Waals surface area (Å²) in [6.45, 7) is 5.18. The third-order valence-electron chi connectivity index (χ3n) is 11.0. The van der Waals surface area contributed by atoms with Crippen LogP contribution in [0.15, 0.2) is 11.6 Å². The number of allylic oxidation sites excluding steroid dienone is 1. The highest BCUT2D eigenvalue weighted by molar-refractivity contribution is 5.25. The molecule has 8 unspecified atom stereocenters. The Morgan fingerprint density at radius 1 is 1.03 bits per heavy atom. The summed E-state index contributed by atoms with van der Waals surface area (Å²) in [5.41, 5.74) is 2.51. The molecule has 0 aromatic rings. The Hall–Kier alpha value is -0.340. The minimum atomic E-state index is -0.0918. The Morgan fingerprint density at radius 2 is 1.86 bits per heavy atom. The maximum Gasteiger partial charge on any atom is 0.0577 e. The van der Waals surface area contributed by atoms with E-state index in [1.165, 1.54) is 70.6 Å². The number of hydrogen-bond acceptors (Lipinski definition) is 2. The molecule has 29 heavy (non-hydrogen) atoms. The van der Waals surface area contributed by atoms with Gasteiger partial charge in [0.05, 0.1) is 12.2 Å². The van der Waals surface area contributed by atoms with Crippen molar-refractivity contribution in [1.29, 1.82) is 0 Å². The normalized spacial score (nSPS) is 48.1. The highest BCUT2D eigenvalue weighted by Crippen LogP contribution is 2.66. The molecule has 164 valence electrons. The molecule has 5 aliphatic carbocycles. The SMILES string of the molecule is CC12CCC(O)CC1=CCC1C2CCC2(C)C(CCCC(O)C3CCC3)CCC12. The van der Waals surface area contributed by atoms with Gasteiger partial charge in [0.2, 0.25) is 0 Å². The number of rotatable bonds is 5. The average molecular weight is 401 g/mol. The van der Waals surface area contributed by atoms with Crippen molar-refractivity contribution in [2.45, 2.75) is 116 Å². The van der Waals surface area contributed by atoms with E-state index >= 15 is 0 Å². The first kappa shape index (κ1) is 20.6. The van der Waals surface area contributed by atoms with Crippen LogP contribution in [-0.2, 0) is 0 Å². The highest BCUT2D eigenvalue weighted by atomic mass is 16.3. The smallest absolute Gasteiger partial charge is 0.0577 e. The van der Waals surface area contributed by atoms with E-state index in [0.29, 0.717) is 16.7 Å². The quantitative estimate of drug-likeness (QED) is 0.535. The van der Waals surface area contributed by atoms with Gasteiger partial charge >= 0.3 is 0 Å². The number of aliphatic hydroxyl groups excluding tert-OH is 2. The van der Waals surface area contributed by atoms with Crippen molar-refractivity contribution in [2.75, 3.05) is 0 Å². The fourth-order valence-corrected chi connectivity index (χ4v) is 8.86. The Bertz CT molecular complexity index is 636. The van der Waals surface area contributed by atoms with Crippen LogP contribution in [0.2, 0.25) is 0 Å². The lowest BCUT2D eigenvalue weighted by Crippen LogP contribution is -2.50. The number of hydrogen-bond donors (Lipinski definition) is 2. The van der Waals surface area contributed by atoms with Crippen LogP contribution in [0.25, 0.3) is 0 Å². The molecule has 5 aliphatic rings. The van der Waals surface area contributed by atoms with E-state index < -0.39 is 0 Å². The largest absolute Gasteiger partial charge is 0.393 e. The zero-order chi connectivity index (χ0) is 20.2. The molecule has 0 spiro atoms. The first-order chi connectivity index (χ1) is 13.9. The minimum absolute atomic E-state index is 0.0204. The molecular weight excluding hydrogens is 356 g/mol. The predicted octanol–water partition coefficient (Wildman–Crippen LogP) is 6.26. The van der Waals surface area contributed by atoms with Gasteiger partial charge in [-0.1, -0.05) is 38.3 Å². The second kappa shape index (κ2) is 7.66. The summed E-state index contributed by atoms with van der Waals surface area (Å²) in [5.74, 6) is 4.14. The van der Waals surface area contributed by atoms with Crippen molar-refractivity contribution in [3.8, 4) is 0 Å². The number of aliphatic hydroxyl groups is 2. The Balaban J connectivity index is 1.24. The fraction of sp³-hybridized carbons (Fsp3) is 0.926. The second-order valence-corrected chi connectivity index (χ2v) is 12.2. The maximum atomic E-state index is 10.4. The van der Waals surface area contributed by atoms with Crippen LogP contribution in [0, 0.1) is 40.4 Å². The molecule has 0 bridgehead atoms. The maximum absolute atomic E-state index is 10.4. The number of fused-ring (bicyclic) bond motifs is 5. The van der Waals surface area contributed by atoms with Crippen LogP contribution in [0.5, 0.6) is 0 Å². The first-order valence-electron chi connectivity index (χ1n) is 13.0. The van der Waals surface area contributed by atoms with Gasteiger partial charge in [-0.2, -0.15) is 0 Å². The zero-order valence-corrected chi connectivity index (χ0v) is 18.9. The Labute approximate surface area is 178 Å². The van der Waals surface area contributed by atoms with Crippen molar-refractivity contribution in [2.24, 2.45) is 40.4 Å². The molecule has 2 heteroatoms. The molecule has 0 amide bonds. The predicted molar refractivity (Wildman–Crippen MR) is 118 cm³/mol. The van der Waals surface area contributed by atoms with Gasteiger partial charge in [0, 0.05) is 0 Å². The third kappa shape index (κ3) is 3.36. The van der Waals surface area contributed by atoms with E-state index in [1.807, 2.05) is 0 Å². The molecule has 8 atom stereocenters. The average Bonchev–Trinajstić information content (AvgIpc) is 2.97. The van der Waals surface area contributed by atoms with E-state index in [2.05, 4.69) is 19.9 Å². The Morgan fingerprint density at radius 3 is 2.62 bits per heavy atom. The van der Waals surface area contributed by atoms with Crippen LogP contribution in [0.1, 0.15) is 104 Å². The van der Waals surface area contributed by atoms with E-state index in [1.54, 1.807) is 5.57 Å². The fourth-order valence-electron chi connectivity index (χ4n) is 8.86. The molecule has 0 aromatic carbocycles. The summed E-state index contributed by atoms with van der Waals surface area (Å²) in [6, 6.07) is 0. The summed E-state index contributed by atoms with van der Waals surface area (Å²) in [7, 11) is 0. The molecule has 4 fully saturated rings. The first-order valence-corrected chi connectivity index (χ1v) is 13.0. The monoisotopic (exact) mass is 400 g/mol. The molecule has 0 aromatic heterocycles. The topological polar surface area (TPSA) is 40.5 Å². The Kier molecular flexibility index (Phi) is 5.43. The van der Waals surface area contributed by atoms with Gasteiger partial charge in [-0.15, -0.1) is 0 Å². The van der Waals surface area contributed by atoms with Crippen molar-refractivity contribution in [3.05, 3.63) is 11.6 Å².